The number of nitrogens with one attached hydrogen (secondary N) is 1. The predicted molar refractivity (Wildman–Crippen MR) is 69.1 cm³/mol. The molecule has 1 aromatic carbocycles. The highest BCUT2D eigenvalue weighted by molar-refractivity contribution is 5.73. The minimum absolute atomic E-state index is 0.214. The number of unbranched alkanes of at least 4 members (excludes halogenated alkanes) is 1. The van der Waals surface area contributed by atoms with Crippen molar-refractivity contribution in [2.45, 2.75) is 38.8 Å². The minimum Gasteiger partial charge on any atom is -0.445 e. The van der Waals surface area contributed by atoms with Gasteiger partial charge in [-0.1, -0.05) is 50.1 Å². The molecule has 0 spiro atoms. The Bertz CT molecular complexity index is 365. The van der Waals surface area contributed by atoms with Gasteiger partial charge in [-0.3, -0.25) is 0 Å². The second-order valence-corrected chi connectivity index (χ2v) is 4.09. The summed E-state index contributed by atoms with van der Waals surface area (Å²) >= 11 is 0. The van der Waals surface area contributed by atoms with Crippen molar-refractivity contribution in [3.05, 3.63) is 35.9 Å². The minimum atomic E-state index is -0.549. The predicted octanol–water partition coefficient (Wildman–Crippen LogP) is 2.67. The Morgan fingerprint density at radius 3 is 2.72 bits per heavy atom. The van der Waals surface area contributed by atoms with Crippen molar-refractivity contribution in [1.29, 1.82) is 0 Å². The monoisotopic (exact) mass is 249 g/mol. The lowest BCUT2D eigenvalue weighted by atomic mass is 10.1. The maximum absolute atomic E-state index is 11.5. The number of alkyl carbamates (subject to hydrolysis) is 1. The molecule has 4 heteroatoms. The van der Waals surface area contributed by atoms with E-state index in [1.165, 1.54) is 0 Å². The lowest BCUT2D eigenvalue weighted by Crippen LogP contribution is -2.36. The molecule has 0 radical (unpaired) electrons. The van der Waals surface area contributed by atoms with Crippen molar-refractivity contribution in [1.82, 2.24) is 5.32 Å². The number of hydrogen-bond donors (Lipinski definition) is 1. The Hall–Kier alpha value is -1.84. The lowest BCUT2D eigenvalue weighted by Gasteiger charge is -2.12. The number of hydrogen-bond acceptors (Lipinski definition) is 3. The van der Waals surface area contributed by atoms with Crippen molar-refractivity contribution < 1.29 is 14.3 Å². The van der Waals surface area contributed by atoms with Crippen LogP contribution < -0.4 is 5.32 Å². The van der Waals surface area contributed by atoms with Gasteiger partial charge < -0.3 is 14.8 Å². The first-order valence-electron chi connectivity index (χ1n) is 6.18. The number of ether oxygens (including phenoxy) is 1. The second kappa shape index (κ2) is 8.28. The molecule has 0 bridgehead atoms. The van der Waals surface area contributed by atoms with Gasteiger partial charge in [0.1, 0.15) is 12.9 Å². The Morgan fingerprint density at radius 2 is 2.11 bits per heavy atom. The fourth-order valence-electron chi connectivity index (χ4n) is 1.51. The van der Waals surface area contributed by atoms with E-state index in [4.69, 9.17) is 4.74 Å². The zero-order valence-electron chi connectivity index (χ0n) is 10.6. The molecule has 0 heterocycles. The SMILES string of the molecule is CCCC[C@H](C=O)NC(=O)OCc1ccccc1. The van der Waals surface area contributed by atoms with Gasteiger partial charge in [0.2, 0.25) is 0 Å². The largest absolute Gasteiger partial charge is 0.445 e. The van der Waals surface area contributed by atoms with Crippen LogP contribution in [0, 0.1) is 0 Å². The van der Waals surface area contributed by atoms with E-state index in [0.29, 0.717) is 6.42 Å². The summed E-state index contributed by atoms with van der Waals surface area (Å²) in [5.74, 6) is 0. The van der Waals surface area contributed by atoms with Crippen LogP contribution in [0.25, 0.3) is 0 Å². The Balaban J connectivity index is 2.30. The number of carbonyl (C=O) groups is 2. The first kappa shape index (κ1) is 14.2. The third-order valence-electron chi connectivity index (χ3n) is 2.55. The van der Waals surface area contributed by atoms with Crippen LogP contribution >= 0.6 is 0 Å². The molecule has 1 aromatic rings. The van der Waals surface area contributed by atoms with Crippen LogP contribution in [0.1, 0.15) is 31.7 Å². The lowest BCUT2D eigenvalue weighted by molar-refractivity contribution is -0.109. The molecule has 0 aliphatic heterocycles. The number of benzene rings is 1. The van der Waals surface area contributed by atoms with Crippen LogP contribution in [0.4, 0.5) is 4.79 Å². The second-order valence-electron chi connectivity index (χ2n) is 4.09. The van der Waals surface area contributed by atoms with Crippen molar-refractivity contribution in [3.8, 4) is 0 Å². The Labute approximate surface area is 107 Å². The van der Waals surface area contributed by atoms with Crippen LogP contribution in [-0.2, 0) is 16.1 Å². The molecule has 0 saturated carbocycles. The molecule has 0 saturated heterocycles. The van der Waals surface area contributed by atoms with Gasteiger partial charge in [-0.2, -0.15) is 0 Å². The number of aldehydes is 1. The van der Waals surface area contributed by atoms with Crippen LogP contribution in [0.5, 0.6) is 0 Å². The highest BCUT2D eigenvalue weighted by Crippen LogP contribution is 2.02. The molecule has 98 valence electrons. The van der Waals surface area contributed by atoms with Crippen molar-refractivity contribution >= 4 is 12.4 Å². The summed E-state index contributed by atoms with van der Waals surface area (Å²) in [7, 11) is 0. The molecule has 1 amide bonds. The van der Waals surface area contributed by atoms with Crippen LogP contribution in [-0.4, -0.2) is 18.4 Å². The summed E-state index contributed by atoms with van der Waals surface area (Å²) in [6.07, 6.45) is 2.75. The zero-order chi connectivity index (χ0) is 13.2. The van der Waals surface area contributed by atoms with Crippen LogP contribution in [0.15, 0.2) is 30.3 Å². The van der Waals surface area contributed by atoms with Gasteiger partial charge in [0.15, 0.2) is 0 Å². The molecular formula is C14H19NO3. The molecule has 0 fully saturated rings. The maximum Gasteiger partial charge on any atom is 0.408 e. The smallest absolute Gasteiger partial charge is 0.408 e. The van der Waals surface area contributed by atoms with Crippen LogP contribution in [0.3, 0.4) is 0 Å². The summed E-state index contributed by atoms with van der Waals surface area (Å²) in [4.78, 5) is 22.2. The molecular weight excluding hydrogens is 230 g/mol. The van der Waals surface area contributed by atoms with Gasteiger partial charge in [0, 0.05) is 0 Å². The highest BCUT2D eigenvalue weighted by atomic mass is 16.5. The van der Waals surface area contributed by atoms with Gasteiger partial charge in [-0.25, -0.2) is 4.79 Å². The normalized spacial score (nSPS) is 11.6. The highest BCUT2D eigenvalue weighted by Gasteiger charge is 2.11. The number of amides is 1. The van der Waals surface area contributed by atoms with Gasteiger partial charge in [-0.05, 0) is 12.0 Å². The van der Waals surface area contributed by atoms with E-state index in [1.807, 2.05) is 37.3 Å². The quantitative estimate of drug-likeness (QED) is 0.756. The van der Waals surface area contributed by atoms with E-state index < -0.39 is 12.1 Å². The average molecular weight is 249 g/mol. The third kappa shape index (κ3) is 5.48. The number of rotatable bonds is 7. The van der Waals surface area contributed by atoms with E-state index >= 15 is 0 Å². The van der Waals surface area contributed by atoms with Gasteiger partial charge in [0.25, 0.3) is 0 Å². The molecule has 0 unspecified atom stereocenters. The summed E-state index contributed by atoms with van der Waals surface area (Å²) in [5, 5.41) is 2.54. The fraction of sp³-hybridized carbons (Fsp3) is 0.429. The summed E-state index contributed by atoms with van der Waals surface area (Å²) < 4.78 is 5.03. The molecule has 4 nitrogen and oxygen atoms in total. The van der Waals surface area contributed by atoms with Gasteiger partial charge >= 0.3 is 6.09 Å². The first-order valence-corrected chi connectivity index (χ1v) is 6.18. The molecule has 0 aromatic heterocycles. The van der Waals surface area contributed by atoms with Gasteiger partial charge in [-0.15, -0.1) is 0 Å². The Kier molecular flexibility index (Phi) is 6.54. The molecule has 0 aliphatic rings. The summed E-state index contributed by atoms with van der Waals surface area (Å²) in [6.45, 7) is 2.25. The molecule has 1 rings (SSSR count). The molecule has 1 atom stereocenters. The fourth-order valence-corrected chi connectivity index (χ4v) is 1.51. The summed E-state index contributed by atoms with van der Waals surface area (Å²) in [6, 6.07) is 8.96. The zero-order valence-corrected chi connectivity index (χ0v) is 10.6. The molecule has 18 heavy (non-hydrogen) atoms. The average Bonchev–Trinajstić information content (AvgIpc) is 2.42. The Morgan fingerprint density at radius 1 is 1.39 bits per heavy atom. The number of carbonyl (C=O) groups excluding carboxylic acids is 2. The molecule has 0 aliphatic carbocycles. The van der Waals surface area contributed by atoms with Gasteiger partial charge in [0.05, 0.1) is 6.04 Å². The van der Waals surface area contributed by atoms with E-state index in [9.17, 15) is 9.59 Å². The van der Waals surface area contributed by atoms with E-state index in [1.54, 1.807) is 0 Å². The van der Waals surface area contributed by atoms with E-state index in [-0.39, 0.29) is 6.61 Å². The third-order valence-corrected chi connectivity index (χ3v) is 2.55. The first-order chi connectivity index (χ1) is 8.76. The van der Waals surface area contributed by atoms with Crippen LogP contribution in [0.2, 0.25) is 0 Å². The van der Waals surface area contributed by atoms with E-state index in [0.717, 1.165) is 24.7 Å². The van der Waals surface area contributed by atoms with Crippen molar-refractivity contribution in [2.24, 2.45) is 0 Å². The maximum atomic E-state index is 11.5. The van der Waals surface area contributed by atoms with E-state index in [2.05, 4.69) is 5.32 Å². The topological polar surface area (TPSA) is 55.4 Å². The molecule has 1 N–H and O–H groups in total. The van der Waals surface area contributed by atoms with Crippen molar-refractivity contribution in [3.63, 3.8) is 0 Å². The van der Waals surface area contributed by atoms with Crippen molar-refractivity contribution in [2.75, 3.05) is 0 Å². The summed E-state index contributed by atoms with van der Waals surface area (Å²) in [5.41, 5.74) is 0.920. The standard InChI is InChI=1S/C14H19NO3/c1-2-3-9-13(10-16)15-14(17)18-11-12-7-5-4-6-8-12/h4-8,10,13H,2-3,9,11H2,1H3,(H,15,17)/t13-/m1/s1.